The first-order chi connectivity index (χ1) is 10.5. The summed E-state index contributed by atoms with van der Waals surface area (Å²) >= 11 is 0. The molecule has 1 heterocycles. The summed E-state index contributed by atoms with van der Waals surface area (Å²) in [6.45, 7) is 3.72. The summed E-state index contributed by atoms with van der Waals surface area (Å²) in [4.78, 5) is 23.8. The number of nitrogens with one attached hydrogen (secondary N) is 1. The van der Waals surface area contributed by atoms with Gasteiger partial charge >= 0.3 is 0 Å². The van der Waals surface area contributed by atoms with Crippen molar-refractivity contribution in [1.29, 1.82) is 0 Å². The van der Waals surface area contributed by atoms with Crippen LogP contribution in [0.5, 0.6) is 0 Å². The average Bonchev–Trinajstić information content (AvgIpc) is 2.66. The molecular weight excluding hydrogens is 282 g/mol. The highest BCUT2D eigenvalue weighted by molar-refractivity contribution is 5.80. The minimum Gasteiger partial charge on any atom is -0.369 e. The first-order valence-corrected chi connectivity index (χ1v) is 7.99. The number of rotatable bonds is 5. The van der Waals surface area contributed by atoms with Gasteiger partial charge in [-0.15, -0.1) is 0 Å². The highest BCUT2D eigenvalue weighted by Crippen LogP contribution is 2.23. The number of hydrogen-bond acceptors (Lipinski definition) is 4. The second kappa shape index (κ2) is 7.42. The van der Waals surface area contributed by atoms with Gasteiger partial charge in [0.1, 0.15) is 5.76 Å². The lowest BCUT2D eigenvalue weighted by Crippen LogP contribution is -2.45. The molecular formula is C16H25N3O3. The summed E-state index contributed by atoms with van der Waals surface area (Å²) in [7, 11) is 0. The fourth-order valence-electron chi connectivity index (χ4n) is 3.20. The summed E-state index contributed by atoms with van der Waals surface area (Å²) in [5.74, 6) is 0.163. The lowest BCUT2D eigenvalue weighted by Gasteiger charge is -2.23. The van der Waals surface area contributed by atoms with Crippen LogP contribution in [0.2, 0.25) is 0 Å². The molecule has 1 fully saturated rings. The zero-order valence-electron chi connectivity index (χ0n) is 13.4. The molecule has 22 heavy (non-hydrogen) atoms. The van der Waals surface area contributed by atoms with Gasteiger partial charge in [-0.05, 0) is 33.1 Å². The molecule has 2 atom stereocenters. The second-order valence-corrected chi connectivity index (χ2v) is 6.12. The standard InChI is InChI=1S/C16H25N3O3/c1-10-12(11(2)22-19-10)8-9-15(20)18-14-7-5-3-4-6-13(14)16(17)21/h13-14H,3-9H2,1-2H3,(H2,17,21)(H,18,20). The Morgan fingerprint density at radius 1 is 1.27 bits per heavy atom. The lowest BCUT2D eigenvalue weighted by atomic mass is 9.94. The van der Waals surface area contributed by atoms with Gasteiger partial charge in [0.05, 0.1) is 11.6 Å². The summed E-state index contributed by atoms with van der Waals surface area (Å²) in [6, 6.07) is -0.128. The van der Waals surface area contributed by atoms with E-state index < -0.39 is 0 Å². The molecule has 1 aromatic heterocycles. The molecule has 0 saturated heterocycles. The van der Waals surface area contributed by atoms with Crippen molar-refractivity contribution in [2.24, 2.45) is 11.7 Å². The smallest absolute Gasteiger partial charge is 0.222 e. The Morgan fingerprint density at radius 2 is 2.00 bits per heavy atom. The molecule has 6 nitrogen and oxygen atoms in total. The van der Waals surface area contributed by atoms with E-state index in [1.54, 1.807) is 0 Å². The van der Waals surface area contributed by atoms with E-state index in [1.165, 1.54) is 0 Å². The van der Waals surface area contributed by atoms with Crippen LogP contribution in [0, 0.1) is 19.8 Å². The molecule has 122 valence electrons. The number of carbonyl (C=O) groups excluding carboxylic acids is 2. The van der Waals surface area contributed by atoms with E-state index >= 15 is 0 Å². The monoisotopic (exact) mass is 307 g/mol. The summed E-state index contributed by atoms with van der Waals surface area (Å²) in [5, 5.41) is 6.89. The van der Waals surface area contributed by atoms with E-state index in [0.29, 0.717) is 12.8 Å². The summed E-state index contributed by atoms with van der Waals surface area (Å²) in [5.41, 5.74) is 7.30. The van der Waals surface area contributed by atoms with Gasteiger partial charge < -0.3 is 15.6 Å². The number of amides is 2. The molecule has 1 aliphatic rings. The van der Waals surface area contributed by atoms with Gasteiger partial charge in [-0.1, -0.05) is 24.4 Å². The largest absolute Gasteiger partial charge is 0.369 e. The van der Waals surface area contributed by atoms with Crippen LogP contribution in [-0.2, 0) is 16.0 Å². The van der Waals surface area contributed by atoms with Gasteiger partial charge in [0, 0.05) is 18.0 Å². The number of nitrogens with zero attached hydrogens (tertiary/aromatic N) is 1. The molecule has 2 amide bonds. The Labute approximate surface area is 130 Å². The molecule has 0 aliphatic heterocycles. The molecule has 1 aromatic rings. The van der Waals surface area contributed by atoms with Crippen LogP contribution in [0.25, 0.3) is 0 Å². The number of primary amides is 1. The van der Waals surface area contributed by atoms with E-state index in [1.807, 2.05) is 13.8 Å². The van der Waals surface area contributed by atoms with E-state index in [4.69, 9.17) is 10.3 Å². The zero-order valence-corrected chi connectivity index (χ0v) is 13.4. The quantitative estimate of drug-likeness (QED) is 0.810. The minimum absolute atomic E-state index is 0.0434. The van der Waals surface area contributed by atoms with Crippen molar-refractivity contribution < 1.29 is 14.1 Å². The molecule has 0 aromatic carbocycles. The van der Waals surface area contributed by atoms with Gasteiger partial charge in [0.25, 0.3) is 0 Å². The van der Waals surface area contributed by atoms with Crippen molar-refractivity contribution >= 4 is 11.8 Å². The van der Waals surface area contributed by atoms with Gasteiger partial charge in [0.15, 0.2) is 0 Å². The highest BCUT2D eigenvalue weighted by atomic mass is 16.5. The number of aromatic nitrogens is 1. The van der Waals surface area contributed by atoms with Gasteiger partial charge in [-0.2, -0.15) is 0 Å². The maximum Gasteiger partial charge on any atom is 0.222 e. The van der Waals surface area contributed by atoms with Crippen LogP contribution < -0.4 is 11.1 Å². The van der Waals surface area contributed by atoms with Gasteiger partial charge in [-0.3, -0.25) is 9.59 Å². The maximum absolute atomic E-state index is 12.2. The normalized spacial score (nSPS) is 22.1. The van der Waals surface area contributed by atoms with Gasteiger partial charge in [-0.25, -0.2) is 0 Å². The third-order valence-electron chi connectivity index (χ3n) is 4.51. The number of aryl methyl sites for hydroxylation is 2. The van der Waals surface area contributed by atoms with Crippen LogP contribution in [0.1, 0.15) is 55.5 Å². The minimum atomic E-state index is -0.307. The second-order valence-electron chi connectivity index (χ2n) is 6.12. The molecule has 2 unspecified atom stereocenters. The molecule has 3 N–H and O–H groups in total. The van der Waals surface area contributed by atoms with Crippen molar-refractivity contribution in [2.45, 2.75) is 64.8 Å². The molecule has 6 heteroatoms. The van der Waals surface area contributed by atoms with E-state index in [9.17, 15) is 9.59 Å². The third-order valence-corrected chi connectivity index (χ3v) is 4.51. The summed E-state index contributed by atoms with van der Waals surface area (Å²) in [6.07, 6.45) is 5.67. The van der Waals surface area contributed by atoms with E-state index in [0.717, 1.165) is 49.1 Å². The van der Waals surface area contributed by atoms with Crippen LogP contribution in [0.4, 0.5) is 0 Å². The van der Waals surface area contributed by atoms with Crippen LogP contribution >= 0.6 is 0 Å². The van der Waals surface area contributed by atoms with E-state index in [2.05, 4.69) is 10.5 Å². The number of carbonyl (C=O) groups is 2. The van der Waals surface area contributed by atoms with Crippen LogP contribution in [0.3, 0.4) is 0 Å². The Balaban J connectivity index is 1.91. The third kappa shape index (κ3) is 4.08. The van der Waals surface area contributed by atoms with Crippen molar-refractivity contribution in [3.8, 4) is 0 Å². The predicted molar refractivity (Wildman–Crippen MR) is 82.0 cm³/mol. The first-order valence-electron chi connectivity index (χ1n) is 7.99. The van der Waals surface area contributed by atoms with Crippen LogP contribution in [-0.4, -0.2) is 23.0 Å². The summed E-state index contributed by atoms with van der Waals surface area (Å²) < 4.78 is 5.10. The molecule has 1 aliphatic carbocycles. The Hall–Kier alpha value is -1.85. The van der Waals surface area contributed by atoms with Gasteiger partial charge in [0.2, 0.25) is 11.8 Å². The zero-order chi connectivity index (χ0) is 16.1. The average molecular weight is 307 g/mol. The fourth-order valence-corrected chi connectivity index (χ4v) is 3.20. The number of nitrogens with two attached hydrogens (primary N) is 1. The maximum atomic E-state index is 12.2. The van der Waals surface area contributed by atoms with Crippen molar-refractivity contribution in [3.63, 3.8) is 0 Å². The van der Waals surface area contributed by atoms with Crippen molar-refractivity contribution in [2.75, 3.05) is 0 Å². The SMILES string of the molecule is Cc1noc(C)c1CCC(=O)NC1CCCCCC1C(N)=O. The molecule has 0 radical (unpaired) electrons. The lowest BCUT2D eigenvalue weighted by molar-refractivity contribution is -0.125. The Kier molecular flexibility index (Phi) is 5.57. The van der Waals surface area contributed by atoms with E-state index in [-0.39, 0.29) is 23.8 Å². The highest BCUT2D eigenvalue weighted by Gasteiger charge is 2.29. The molecule has 1 saturated carbocycles. The fraction of sp³-hybridized carbons (Fsp3) is 0.688. The molecule has 0 bridgehead atoms. The first kappa shape index (κ1) is 16.5. The molecule has 0 spiro atoms. The Morgan fingerprint density at radius 3 is 2.64 bits per heavy atom. The predicted octanol–water partition coefficient (Wildman–Crippen LogP) is 1.77. The topological polar surface area (TPSA) is 98.2 Å². The van der Waals surface area contributed by atoms with Crippen molar-refractivity contribution in [3.05, 3.63) is 17.0 Å². The molecule has 2 rings (SSSR count). The van der Waals surface area contributed by atoms with Crippen LogP contribution in [0.15, 0.2) is 4.52 Å². The van der Waals surface area contributed by atoms with Crippen molar-refractivity contribution in [1.82, 2.24) is 10.5 Å². The number of hydrogen-bond donors (Lipinski definition) is 2. The Bertz CT molecular complexity index is 519.